The van der Waals surface area contributed by atoms with Gasteiger partial charge in [-0.2, -0.15) is 0 Å². The summed E-state index contributed by atoms with van der Waals surface area (Å²) in [5.41, 5.74) is 6.54. The van der Waals surface area contributed by atoms with Crippen LogP contribution < -0.4 is 11.4 Å². The van der Waals surface area contributed by atoms with Gasteiger partial charge in [0.25, 0.3) is 0 Å². The SMILES string of the molecule is Cc1cc2[nH]c(=O)n(C(C)(C)CN)c2cc1F. The minimum atomic E-state index is -0.545. The van der Waals surface area contributed by atoms with Crippen LogP contribution in [0.3, 0.4) is 0 Å². The van der Waals surface area contributed by atoms with Gasteiger partial charge in [0.1, 0.15) is 5.82 Å². The van der Waals surface area contributed by atoms with E-state index in [-0.39, 0.29) is 11.5 Å². The summed E-state index contributed by atoms with van der Waals surface area (Å²) in [6, 6.07) is 3.01. The Morgan fingerprint density at radius 1 is 1.47 bits per heavy atom. The fourth-order valence-electron chi connectivity index (χ4n) is 1.93. The first-order valence-electron chi connectivity index (χ1n) is 5.48. The van der Waals surface area contributed by atoms with Crippen LogP contribution in [0, 0.1) is 12.7 Å². The van der Waals surface area contributed by atoms with Crippen molar-refractivity contribution >= 4 is 11.0 Å². The van der Waals surface area contributed by atoms with Crippen molar-refractivity contribution < 1.29 is 4.39 Å². The molecule has 4 nitrogen and oxygen atoms in total. The lowest BCUT2D eigenvalue weighted by atomic mass is 10.1. The molecule has 0 bridgehead atoms. The van der Waals surface area contributed by atoms with Crippen LogP contribution in [-0.2, 0) is 5.54 Å². The molecule has 0 saturated carbocycles. The summed E-state index contributed by atoms with van der Waals surface area (Å²) in [6.07, 6.45) is 0. The second-order valence-corrected chi connectivity index (χ2v) is 4.90. The number of imidazole rings is 1. The van der Waals surface area contributed by atoms with Crippen LogP contribution in [0.2, 0.25) is 0 Å². The maximum atomic E-state index is 13.6. The normalized spacial score (nSPS) is 12.3. The van der Waals surface area contributed by atoms with Gasteiger partial charge in [0.2, 0.25) is 0 Å². The van der Waals surface area contributed by atoms with E-state index in [0.29, 0.717) is 23.1 Å². The Hall–Kier alpha value is -1.62. The van der Waals surface area contributed by atoms with Crippen LogP contribution in [0.25, 0.3) is 11.0 Å². The van der Waals surface area contributed by atoms with Crippen molar-refractivity contribution in [2.75, 3.05) is 6.54 Å². The second-order valence-electron chi connectivity index (χ2n) is 4.90. The summed E-state index contributed by atoms with van der Waals surface area (Å²) in [6.45, 7) is 5.66. The van der Waals surface area contributed by atoms with E-state index < -0.39 is 5.54 Å². The minimum absolute atomic E-state index is 0.263. The fraction of sp³-hybridized carbons (Fsp3) is 0.417. The number of hydrogen-bond donors (Lipinski definition) is 2. The summed E-state index contributed by atoms with van der Waals surface area (Å²) in [5, 5.41) is 0. The first kappa shape index (κ1) is 11.9. The highest BCUT2D eigenvalue weighted by Crippen LogP contribution is 2.21. The number of halogens is 1. The third kappa shape index (κ3) is 1.76. The number of aryl methyl sites for hydroxylation is 1. The van der Waals surface area contributed by atoms with Crippen LogP contribution >= 0.6 is 0 Å². The number of nitrogens with zero attached hydrogens (tertiary/aromatic N) is 1. The summed E-state index contributed by atoms with van der Waals surface area (Å²) >= 11 is 0. The highest BCUT2D eigenvalue weighted by atomic mass is 19.1. The van der Waals surface area contributed by atoms with Gasteiger partial charge in [0.15, 0.2) is 0 Å². The predicted octanol–water partition coefficient (Wildman–Crippen LogP) is 1.47. The predicted molar refractivity (Wildman–Crippen MR) is 65.6 cm³/mol. The molecule has 3 N–H and O–H groups in total. The van der Waals surface area contributed by atoms with Gasteiger partial charge in [-0.15, -0.1) is 0 Å². The number of hydrogen-bond acceptors (Lipinski definition) is 2. The molecular formula is C12H16FN3O. The number of fused-ring (bicyclic) bond motifs is 1. The molecule has 5 heteroatoms. The molecule has 1 heterocycles. The average Bonchev–Trinajstić information content (AvgIpc) is 2.55. The standard InChI is InChI=1S/C12H16FN3O/c1-7-4-9-10(5-8(7)13)16(11(17)15-9)12(2,3)6-14/h4-5H,6,14H2,1-3H3,(H,15,17). The summed E-state index contributed by atoms with van der Waals surface area (Å²) in [4.78, 5) is 14.6. The number of nitrogens with two attached hydrogens (primary N) is 1. The van der Waals surface area contributed by atoms with E-state index in [1.807, 2.05) is 13.8 Å². The van der Waals surface area contributed by atoms with Crippen LogP contribution in [-0.4, -0.2) is 16.1 Å². The average molecular weight is 237 g/mol. The number of aromatic nitrogens is 2. The second kappa shape index (κ2) is 3.70. The Labute approximate surface area is 98.2 Å². The van der Waals surface area contributed by atoms with Crippen LogP contribution in [0.4, 0.5) is 4.39 Å². The Morgan fingerprint density at radius 3 is 2.71 bits per heavy atom. The van der Waals surface area contributed by atoms with E-state index in [1.165, 1.54) is 10.6 Å². The third-order valence-electron chi connectivity index (χ3n) is 3.07. The lowest BCUT2D eigenvalue weighted by Crippen LogP contribution is -2.40. The monoisotopic (exact) mass is 237 g/mol. The molecule has 0 aliphatic heterocycles. The molecule has 17 heavy (non-hydrogen) atoms. The first-order chi connectivity index (χ1) is 7.86. The zero-order chi connectivity index (χ0) is 12.8. The van der Waals surface area contributed by atoms with E-state index >= 15 is 0 Å². The zero-order valence-electron chi connectivity index (χ0n) is 10.2. The fourth-order valence-corrected chi connectivity index (χ4v) is 1.93. The smallest absolute Gasteiger partial charge is 0.327 e. The van der Waals surface area contributed by atoms with Crippen LogP contribution in [0.15, 0.2) is 16.9 Å². The van der Waals surface area contributed by atoms with Gasteiger partial charge in [0, 0.05) is 12.6 Å². The molecule has 92 valence electrons. The molecule has 0 unspecified atom stereocenters. The van der Waals surface area contributed by atoms with Crippen LogP contribution in [0.5, 0.6) is 0 Å². The van der Waals surface area contributed by atoms with Crippen molar-refractivity contribution in [2.45, 2.75) is 26.3 Å². The number of H-pyrrole nitrogens is 1. The minimum Gasteiger partial charge on any atom is -0.328 e. The molecule has 0 radical (unpaired) electrons. The number of rotatable bonds is 2. The molecule has 0 saturated heterocycles. The Bertz CT molecular complexity index is 624. The molecular weight excluding hydrogens is 221 g/mol. The molecule has 1 aromatic carbocycles. The van der Waals surface area contributed by atoms with E-state index in [2.05, 4.69) is 4.98 Å². The highest BCUT2D eigenvalue weighted by Gasteiger charge is 2.23. The molecule has 0 aliphatic carbocycles. The van der Waals surface area contributed by atoms with Gasteiger partial charge in [-0.25, -0.2) is 9.18 Å². The van der Waals surface area contributed by atoms with E-state index in [1.54, 1.807) is 13.0 Å². The molecule has 1 aromatic heterocycles. The van der Waals surface area contributed by atoms with E-state index in [0.717, 1.165) is 0 Å². The van der Waals surface area contributed by atoms with Crippen molar-refractivity contribution in [2.24, 2.45) is 5.73 Å². The molecule has 0 aliphatic rings. The van der Waals surface area contributed by atoms with E-state index in [9.17, 15) is 9.18 Å². The zero-order valence-corrected chi connectivity index (χ0v) is 10.2. The Morgan fingerprint density at radius 2 is 2.12 bits per heavy atom. The van der Waals surface area contributed by atoms with E-state index in [4.69, 9.17) is 5.73 Å². The summed E-state index contributed by atoms with van der Waals surface area (Å²) < 4.78 is 15.1. The largest absolute Gasteiger partial charge is 0.328 e. The molecule has 0 spiro atoms. The van der Waals surface area contributed by atoms with Crippen molar-refractivity contribution in [3.63, 3.8) is 0 Å². The van der Waals surface area contributed by atoms with Crippen molar-refractivity contribution in [3.8, 4) is 0 Å². The Balaban J connectivity index is 2.85. The maximum Gasteiger partial charge on any atom is 0.327 e. The molecule has 2 aromatic rings. The van der Waals surface area contributed by atoms with Gasteiger partial charge in [0.05, 0.1) is 16.6 Å². The first-order valence-corrected chi connectivity index (χ1v) is 5.48. The lowest BCUT2D eigenvalue weighted by molar-refractivity contribution is 0.367. The third-order valence-corrected chi connectivity index (χ3v) is 3.07. The highest BCUT2D eigenvalue weighted by molar-refractivity contribution is 5.76. The van der Waals surface area contributed by atoms with Crippen molar-refractivity contribution in [1.29, 1.82) is 0 Å². The van der Waals surface area contributed by atoms with Gasteiger partial charge in [-0.05, 0) is 32.4 Å². The molecule has 0 fully saturated rings. The van der Waals surface area contributed by atoms with Crippen molar-refractivity contribution in [3.05, 3.63) is 34.0 Å². The van der Waals surface area contributed by atoms with Gasteiger partial charge < -0.3 is 10.7 Å². The number of aromatic amines is 1. The lowest BCUT2D eigenvalue weighted by Gasteiger charge is -2.24. The molecule has 2 rings (SSSR count). The van der Waals surface area contributed by atoms with Crippen LogP contribution in [0.1, 0.15) is 19.4 Å². The van der Waals surface area contributed by atoms with Crippen molar-refractivity contribution in [1.82, 2.24) is 9.55 Å². The topological polar surface area (TPSA) is 63.8 Å². The summed E-state index contributed by atoms with van der Waals surface area (Å²) in [5.74, 6) is -0.321. The van der Waals surface area contributed by atoms with Gasteiger partial charge in [-0.1, -0.05) is 0 Å². The number of benzene rings is 1. The van der Waals surface area contributed by atoms with Gasteiger partial charge >= 0.3 is 5.69 Å². The quantitative estimate of drug-likeness (QED) is 0.830. The maximum absolute atomic E-state index is 13.6. The molecule has 0 atom stereocenters. The number of nitrogens with one attached hydrogen (secondary N) is 1. The molecule has 0 amide bonds. The Kier molecular flexibility index (Phi) is 2.58. The van der Waals surface area contributed by atoms with Gasteiger partial charge in [-0.3, -0.25) is 4.57 Å². The summed E-state index contributed by atoms with van der Waals surface area (Å²) in [7, 11) is 0.